The Bertz CT molecular complexity index is 358. The molecule has 0 aliphatic heterocycles. The largest absolute Gasteiger partial charge is 0.505 e. The van der Waals surface area contributed by atoms with Crippen molar-refractivity contribution in [3.8, 4) is 5.75 Å². The number of aromatic hydroxyl groups is 1. The second-order valence-electron chi connectivity index (χ2n) is 3.18. The van der Waals surface area contributed by atoms with Crippen molar-refractivity contribution in [3.05, 3.63) is 23.5 Å². The molecular formula is C9H9NO3. The molecule has 0 saturated heterocycles. The Balaban J connectivity index is 2.41. The fraction of sp³-hybridized carbons (Fsp3) is 0.333. The number of aromatic nitrogens is 1. The van der Waals surface area contributed by atoms with Crippen LogP contribution >= 0.6 is 0 Å². The SMILES string of the molecule is O=C(O)c1nc(C2CC2)ccc1O. The molecule has 1 fully saturated rings. The van der Waals surface area contributed by atoms with Gasteiger partial charge in [-0.25, -0.2) is 9.78 Å². The minimum absolute atomic E-state index is 0.246. The van der Waals surface area contributed by atoms with Crippen molar-refractivity contribution in [1.29, 1.82) is 0 Å². The topological polar surface area (TPSA) is 70.4 Å². The molecule has 0 unspecified atom stereocenters. The zero-order chi connectivity index (χ0) is 9.42. The van der Waals surface area contributed by atoms with Crippen LogP contribution in [0, 0.1) is 0 Å². The Morgan fingerprint density at radius 1 is 1.46 bits per heavy atom. The molecule has 0 atom stereocenters. The third kappa shape index (κ3) is 1.47. The number of aromatic carboxylic acids is 1. The first-order valence-corrected chi connectivity index (χ1v) is 4.11. The van der Waals surface area contributed by atoms with Crippen LogP contribution < -0.4 is 0 Å². The minimum atomic E-state index is -1.18. The van der Waals surface area contributed by atoms with E-state index < -0.39 is 5.97 Å². The highest BCUT2D eigenvalue weighted by Crippen LogP contribution is 2.39. The number of nitrogens with zero attached hydrogens (tertiary/aromatic N) is 1. The number of rotatable bonds is 2. The average molecular weight is 179 g/mol. The second-order valence-corrected chi connectivity index (χ2v) is 3.18. The molecule has 0 spiro atoms. The summed E-state index contributed by atoms with van der Waals surface area (Å²) in [5.41, 5.74) is 0.527. The number of carboxylic acids is 1. The molecule has 1 aliphatic carbocycles. The van der Waals surface area contributed by atoms with Crippen molar-refractivity contribution in [2.75, 3.05) is 0 Å². The molecule has 1 saturated carbocycles. The van der Waals surface area contributed by atoms with Gasteiger partial charge in [0.15, 0.2) is 5.69 Å². The first-order chi connectivity index (χ1) is 6.18. The van der Waals surface area contributed by atoms with E-state index in [9.17, 15) is 4.79 Å². The monoisotopic (exact) mass is 179 g/mol. The van der Waals surface area contributed by atoms with Crippen molar-refractivity contribution >= 4 is 5.97 Å². The van der Waals surface area contributed by atoms with Crippen LogP contribution in [-0.4, -0.2) is 21.2 Å². The molecule has 1 aromatic rings. The molecular weight excluding hydrogens is 170 g/mol. The number of hydrogen-bond acceptors (Lipinski definition) is 3. The summed E-state index contributed by atoms with van der Waals surface area (Å²) in [6.45, 7) is 0. The van der Waals surface area contributed by atoms with Gasteiger partial charge in [-0.15, -0.1) is 0 Å². The van der Waals surface area contributed by atoms with Crippen LogP contribution in [0.15, 0.2) is 12.1 Å². The summed E-state index contributed by atoms with van der Waals surface area (Å²) < 4.78 is 0. The van der Waals surface area contributed by atoms with Gasteiger partial charge in [0.25, 0.3) is 0 Å². The Morgan fingerprint density at radius 2 is 2.15 bits per heavy atom. The molecule has 4 heteroatoms. The lowest BCUT2D eigenvalue weighted by molar-refractivity contribution is 0.0686. The number of hydrogen-bond donors (Lipinski definition) is 2. The van der Waals surface area contributed by atoms with Gasteiger partial charge in [-0.3, -0.25) is 0 Å². The van der Waals surface area contributed by atoms with Gasteiger partial charge in [-0.2, -0.15) is 0 Å². The highest BCUT2D eigenvalue weighted by atomic mass is 16.4. The molecule has 13 heavy (non-hydrogen) atoms. The standard InChI is InChI=1S/C9H9NO3/c11-7-4-3-6(5-1-2-5)10-8(7)9(12)13/h3-5,11H,1-2H2,(H,12,13). The Morgan fingerprint density at radius 3 is 2.69 bits per heavy atom. The van der Waals surface area contributed by atoms with Gasteiger partial charge in [-0.1, -0.05) is 0 Å². The van der Waals surface area contributed by atoms with E-state index in [1.807, 2.05) is 0 Å². The summed E-state index contributed by atoms with van der Waals surface area (Å²) in [6, 6.07) is 3.07. The first-order valence-electron chi connectivity index (χ1n) is 4.11. The van der Waals surface area contributed by atoms with Crippen LogP contribution in [0.5, 0.6) is 5.75 Å². The zero-order valence-corrected chi connectivity index (χ0v) is 6.90. The van der Waals surface area contributed by atoms with Crippen LogP contribution in [0.4, 0.5) is 0 Å². The maximum absolute atomic E-state index is 10.6. The van der Waals surface area contributed by atoms with Crippen LogP contribution in [-0.2, 0) is 0 Å². The Kier molecular flexibility index (Phi) is 1.69. The molecule has 0 bridgehead atoms. The molecule has 2 N–H and O–H groups in total. The summed E-state index contributed by atoms with van der Waals surface area (Å²) in [6.07, 6.45) is 2.13. The van der Waals surface area contributed by atoms with Gasteiger partial charge in [0.05, 0.1) is 0 Å². The maximum atomic E-state index is 10.6. The minimum Gasteiger partial charge on any atom is -0.505 e. The predicted octanol–water partition coefficient (Wildman–Crippen LogP) is 1.36. The average Bonchev–Trinajstić information content (AvgIpc) is 2.87. The van der Waals surface area contributed by atoms with Gasteiger partial charge in [0.2, 0.25) is 0 Å². The lowest BCUT2D eigenvalue weighted by atomic mass is 10.2. The van der Waals surface area contributed by atoms with Crippen LogP contribution in [0.1, 0.15) is 34.9 Å². The number of carbonyl (C=O) groups is 1. The van der Waals surface area contributed by atoms with E-state index in [0.717, 1.165) is 18.5 Å². The third-order valence-corrected chi connectivity index (χ3v) is 2.09. The van der Waals surface area contributed by atoms with Crippen molar-refractivity contribution in [1.82, 2.24) is 4.98 Å². The van der Waals surface area contributed by atoms with E-state index in [0.29, 0.717) is 5.92 Å². The highest BCUT2D eigenvalue weighted by Gasteiger charge is 2.26. The Labute approximate surface area is 74.9 Å². The van der Waals surface area contributed by atoms with E-state index in [4.69, 9.17) is 10.2 Å². The van der Waals surface area contributed by atoms with Crippen molar-refractivity contribution in [2.24, 2.45) is 0 Å². The predicted molar refractivity (Wildman–Crippen MR) is 44.8 cm³/mol. The molecule has 1 aliphatic rings. The third-order valence-electron chi connectivity index (χ3n) is 2.09. The number of pyridine rings is 1. The normalized spacial score (nSPS) is 15.7. The highest BCUT2D eigenvalue weighted by molar-refractivity contribution is 5.88. The molecule has 1 heterocycles. The van der Waals surface area contributed by atoms with E-state index >= 15 is 0 Å². The van der Waals surface area contributed by atoms with Gasteiger partial charge in [0, 0.05) is 11.6 Å². The van der Waals surface area contributed by atoms with Gasteiger partial charge in [-0.05, 0) is 25.0 Å². The van der Waals surface area contributed by atoms with E-state index in [1.165, 1.54) is 6.07 Å². The molecule has 0 radical (unpaired) electrons. The van der Waals surface area contributed by atoms with Gasteiger partial charge in [0.1, 0.15) is 5.75 Å². The summed E-state index contributed by atoms with van der Waals surface area (Å²) >= 11 is 0. The number of carboxylic acid groups (broad SMARTS) is 1. The summed E-state index contributed by atoms with van der Waals surface area (Å²) in [4.78, 5) is 14.5. The fourth-order valence-corrected chi connectivity index (χ4v) is 1.23. The van der Waals surface area contributed by atoms with Gasteiger partial charge >= 0.3 is 5.97 Å². The van der Waals surface area contributed by atoms with E-state index in [-0.39, 0.29) is 11.4 Å². The molecule has 2 rings (SSSR count). The van der Waals surface area contributed by atoms with Crippen molar-refractivity contribution in [3.63, 3.8) is 0 Å². The summed E-state index contributed by atoms with van der Waals surface area (Å²) in [5.74, 6) is -1.05. The van der Waals surface area contributed by atoms with Crippen molar-refractivity contribution in [2.45, 2.75) is 18.8 Å². The summed E-state index contributed by atoms with van der Waals surface area (Å²) in [5, 5.41) is 17.8. The smallest absolute Gasteiger partial charge is 0.358 e. The molecule has 68 valence electrons. The first kappa shape index (κ1) is 8.04. The Hall–Kier alpha value is -1.58. The lowest BCUT2D eigenvalue weighted by Gasteiger charge is -2.01. The molecule has 1 aromatic heterocycles. The fourth-order valence-electron chi connectivity index (χ4n) is 1.23. The molecule has 0 amide bonds. The van der Waals surface area contributed by atoms with E-state index in [2.05, 4.69) is 4.98 Å². The van der Waals surface area contributed by atoms with Crippen LogP contribution in [0.2, 0.25) is 0 Å². The van der Waals surface area contributed by atoms with Crippen molar-refractivity contribution < 1.29 is 15.0 Å². The second kappa shape index (κ2) is 2.73. The van der Waals surface area contributed by atoms with Crippen LogP contribution in [0.25, 0.3) is 0 Å². The molecule has 0 aromatic carbocycles. The van der Waals surface area contributed by atoms with Gasteiger partial charge < -0.3 is 10.2 Å². The summed E-state index contributed by atoms with van der Waals surface area (Å²) in [7, 11) is 0. The quantitative estimate of drug-likeness (QED) is 0.719. The van der Waals surface area contributed by atoms with Crippen LogP contribution in [0.3, 0.4) is 0 Å². The zero-order valence-electron chi connectivity index (χ0n) is 6.90. The maximum Gasteiger partial charge on any atom is 0.358 e. The lowest BCUT2D eigenvalue weighted by Crippen LogP contribution is -2.02. The van der Waals surface area contributed by atoms with E-state index in [1.54, 1.807) is 6.07 Å². The molecule has 4 nitrogen and oxygen atoms in total.